The molecule has 1 aliphatic rings. The Morgan fingerprint density at radius 2 is 1.76 bits per heavy atom. The molecule has 0 bridgehead atoms. The molecule has 0 spiro atoms. The Morgan fingerprint density at radius 3 is 2.48 bits per heavy atom. The molecule has 6 nitrogen and oxygen atoms in total. The molecule has 3 aromatic rings. The van der Waals surface area contributed by atoms with Crippen molar-refractivity contribution >= 4 is 28.8 Å². The Labute approximate surface area is 168 Å². The van der Waals surface area contributed by atoms with Crippen molar-refractivity contribution in [3.63, 3.8) is 0 Å². The first-order valence-electron chi connectivity index (χ1n) is 9.41. The number of rotatable bonds is 5. The lowest BCUT2D eigenvalue weighted by molar-refractivity contribution is 0.102. The number of hydrogen-bond acceptors (Lipinski definition) is 5. The lowest BCUT2D eigenvalue weighted by atomic mass is 10.2. The molecule has 0 saturated carbocycles. The summed E-state index contributed by atoms with van der Waals surface area (Å²) in [5.74, 6) is -0.297. The molecular formula is C22H21FN4O2. The second-order valence-electron chi connectivity index (χ2n) is 6.63. The smallest absolute Gasteiger partial charge is 0.256 e. The van der Waals surface area contributed by atoms with Gasteiger partial charge in [-0.05, 0) is 48.5 Å². The van der Waals surface area contributed by atoms with Crippen LogP contribution in [0.15, 0.2) is 66.9 Å². The van der Waals surface area contributed by atoms with E-state index >= 15 is 0 Å². The van der Waals surface area contributed by atoms with Gasteiger partial charge in [0.2, 0.25) is 0 Å². The molecule has 1 fully saturated rings. The Hall–Kier alpha value is -3.45. The van der Waals surface area contributed by atoms with Gasteiger partial charge in [0.05, 0.1) is 36.5 Å². The fourth-order valence-corrected chi connectivity index (χ4v) is 3.15. The van der Waals surface area contributed by atoms with E-state index in [4.69, 9.17) is 4.74 Å². The zero-order valence-electron chi connectivity index (χ0n) is 15.8. The van der Waals surface area contributed by atoms with Crippen LogP contribution >= 0.6 is 0 Å². The van der Waals surface area contributed by atoms with E-state index in [1.165, 1.54) is 24.3 Å². The van der Waals surface area contributed by atoms with E-state index in [2.05, 4.69) is 26.6 Å². The fourth-order valence-electron chi connectivity index (χ4n) is 3.15. The molecule has 1 aromatic heterocycles. The van der Waals surface area contributed by atoms with Gasteiger partial charge in [0, 0.05) is 18.7 Å². The Kier molecular flexibility index (Phi) is 5.67. The molecule has 148 valence electrons. The van der Waals surface area contributed by atoms with Crippen LogP contribution in [0.2, 0.25) is 0 Å². The minimum absolute atomic E-state index is 0.337. The van der Waals surface area contributed by atoms with Crippen LogP contribution in [-0.4, -0.2) is 37.2 Å². The standard InChI is InChI=1S/C22H21FN4O2/c23-17-7-5-16(6-8-17)22(28)26-21-10-9-18(15-24-21)25-19-3-1-2-4-20(19)27-11-13-29-14-12-27/h1-10,15,25H,11-14H2,(H,24,26,28). The van der Waals surface area contributed by atoms with Crippen molar-refractivity contribution in [1.29, 1.82) is 0 Å². The molecule has 0 aliphatic carbocycles. The Bertz CT molecular complexity index is 971. The number of halogens is 1. The number of carbonyl (C=O) groups is 1. The van der Waals surface area contributed by atoms with Crippen LogP contribution in [0.4, 0.5) is 27.3 Å². The molecule has 0 unspecified atom stereocenters. The predicted molar refractivity (Wildman–Crippen MR) is 111 cm³/mol. The molecule has 2 N–H and O–H groups in total. The van der Waals surface area contributed by atoms with Crippen LogP contribution in [0, 0.1) is 5.82 Å². The van der Waals surface area contributed by atoms with Gasteiger partial charge in [-0.3, -0.25) is 4.79 Å². The highest BCUT2D eigenvalue weighted by atomic mass is 19.1. The Morgan fingerprint density at radius 1 is 1.00 bits per heavy atom. The number of pyridine rings is 1. The van der Waals surface area contributed by atoms with Crippen molar-refractivity contribution in [2.24, 2.45) is 0 Å². The lowest BCUT2D eigenvalue weighted by Crippen LogP contribution is -2.36. The normalized spacial score (nSPS) is 13.8. The number of anilines is 4. The van der Waals surface area contributed by atoms with Gasteiger partial charge in [0.1, 0.15) is 11.6 Å². The van der Waals surface area contributed by atoms with Crippen molar-refractivity contribution in [2.75, 3.05) is 41.8 Å². The maximum Gasteiger partial charge on any atom is 0.256 e. The highest BCUT2D eigenvalue weighted by Crippen LogP contribution is 2.29. The number of aromatic nitrogens is 1. The highest BCUT2D eigenvalue weighted by Gasteiger charge is 2.14. The first-order valence-corrected chi connectivity index (χ1v) is 9.41. The zero-order valence-corrected chi connectivity index (χ0v) is 15.8. The Balaban J connectivity index is 1.43. The van der Waals surface area contributed by atoms with E-state index in [1.54, 1.807) is 12.3 Å². The van der Waals surface area contributed by atoms with Crippen LogP contribution in [0.25, 0.3) is 0 Å². The van der Waals surface area contributed by atoms with Crippen LogP contribution < -0.4 is 15.5 Å². The summed E-state index contributed by atoms with van der Waals surface area (Å²) in [5.41, 5.74) is 3.28. The van der Waals surface area contributed by atoms with E-state index in [0.29, 0.717) is 11.4 Å². The minimum Gasteiger partial charge on any atom is -0.378 e. The summed E-state index contributed by atoms with van der Waals surface area (Å²) in [5, 5.41) is 6.10. The number of nitrogens with zero attached hydrogens (tertiary/aromatic N) is 2. The second-order valence-corrected chi connectivity index (χ2v) is 6.63. The molecule has 1 saturated heterocycles. The number of nitrogens with one attached hydrogen (secondary N) is 2. The van der Waals surface area contributed by atoms with Crippen molar-refractivity contribution in [2.45, 2.75) is 0 Å². The second kappa shape index (κ2) is 8.70. The summed E-state index contributed by atoms with van der Waals surface area (Å²) in [7, 11) is 0. The van der Waals surface area contributed by atoms with Gasteiger partial charge in [-0.15, -0.1) is 0 Å². The lowest BCUT2D eigenvalue weighted by Gasteiger charge is -2.30. The number of carbonyl (C=O) groups excluding carboxylic acids is 1. The van der Waals surface area contributed by atoms with Crippen LogP contribution in [0.1, 0.15) is 10.4 Å². The third kappa shape index (κ3) is 4.70. The molecule has 29 heavy (non-hydrogen) atoms. The van der Waals surface area contributed by atoms with Gasteiger partial charge in [-0.2, -0.15) is 0 Å². The zero-order chi connectivity index (χ0) is 20.1. The molecular weight excluding hydrogens is 371 g/mol. The highest BCUT2D eigenvalue weighted by molar-refractivity contribution is 6.03. The van der Waals surface area contributed by atoms with Gasteiger partial charge in [-0.1, -0.05) is 12.1 Å². The fraction of sp³-hybridized carbons (Fsp3) is 0.182. The van der Waals surface area contributed by atoms with E-state index in [0.717, 1.165) is 43.4 Å². The van der Waals surface area contributed by atoms with Gasteiger partial charge >= 0.3 is 0 Å². The van der Waals surface area contributed by atoms with Gasteiger partial charge in [0.15, 0.2) is 0 Å². The molecule has 0 atom stereocenters. The van der Waals surface area contributed by atoms with Gasteiger partial charge in [0.25, 0.3) is 5.91 Å². The molecule has 7 heteroatoms. The van der Waals surface area contributed by atoms with Crippen molar-refractivity contribution in [3.05, 3.63) is 78.2 Å². The maximum absolute atomic E-state index is 13.0. The molecule has 2 aromatic carbocycles. The summed E-state index contributed by atoms with van der Waals surface area (Å²) in [6, 6.07) is 17.0. The monoisotopic (exact) mass is 392 g/mol. The summed E-state index contributed by atoms with van der Waals surface area (Å²) >= 11 is 0. The molecule has 4 rings (SSSR count). The average molecular weight is 392 g/mol. The third-order valence-corrected chi connectivity index (χ3v) is 4.65. The maximum atomic E-state index is 13.0. The van der Waals surface area contributed by atoms with Crippen LogP contribution in [0.5, 0.6) is 0 Å². The van der Waals surface area contributed by atoms with Gasteiger partial charge in [-0.25, -0.2) is 9.37 Å². The first kappa shape index (κ1) is 18.9. The molecule has 1 amide bonds. The van der Waals surface area contributed by atoms with Crippen molar-refractivity contribution in [3.8, 4) is 0 Å². The summed E-state index contributed by atoms with van der Waals surface area (Å²) in [4.78, 5) is 18.8. The number of hydrogen-bond donors (Lipinski definition) is 2. The molecule has 0 radical (unpaired) electrons. The number of para-hydroxylation sites is 2. The average Bonchev–Trinajstić information content (AvgIpc) is 2.76. The van der Waals surface area contributed by atoms with Crippen molar-refractivity contribution < 1.29 is 13.9 Å². The third-order valence-electron chi connectivity index (χ3n) is 4.65. The summed E-state index contributed by atoms with van der Waals surface area (Å²) in [6.45, 7) is 3.15. The SMILES string of the molecule is O=C(Nc1ccc(Nc2ccccc2N2CCOCC2)cn1)c1ccc(F)cc1. The van der Waals surface area contributed by atoms with E-state index in [9.17, 15) is 9.18 Å². The molecule has 2 heterocycles. The summed E-state index contributed by atoms with van der Waals surface area (Å²) < 4.78 is 18.4. The van der Waals surface area contributed by atoms with Gasteiger partial charge < -0.3 is 20.3 Å². The van der Waals surface area contributed by atoms with E-state index in [-0.39, 0.29) is 11.7 Å². The topological polar surface area (TPSA) is 66.5 Å². The number of morpholine rings is 1. The van der Waals surface area contributed by atoms with Crippen molar-refractivity contribution in [1.82, 2.24) is 4.98 Å². The van der Waals surface area contributed by atoms with Crippen LogP contribution in [0.3, 0.4) is 0 Å². The number of ether oxygens (including phenoxy) is 1. The molecule has 1 aliphatic heterocycles. The first-order chi connectivity index (χ1) is 14.2. The number of amides is 1. The quantitative estimate of drug-likeness (QED) is 0.686. The van der Waals surface area contributed by atoms with Crippen LogP contribution in [-0.2, 0) is 4.74 Å². The van der Waals surface area contributed by atoms with E-state index < -0.39 is 0 Å². The minimum atomic E-state index is -0.382. The number of benzene rings is 2. The summed E-state index contributed by atoms with van der Waals surface area (Å²) in [6.07, 6.45) is 1.66. The van der Waals surface area contributed by atoms with E-state index in [1.807, 2.05) is 24.3 Å². The predicted octanol–water partition coefficient (Wildman–Crippen LogP) is 4.05. The largest absolute Gasteiger partial charge is 0.378 e.